The highest BCUT2D eigenvalue weighted by atomic mass is 16.5. The Kier molecular flexibility index (Phi) is 2.10. The van der Waals surface area contributed by atoms with Crippen molar-refractivity contribution in [2.75, 3.05) is 6.61 Å². The van der Waals surface area contributed by atoms with E-state index in [1.807, 2.05) is 0 Å². The first-order valence-electron chi connectivity index (χ1n) is 3.78. The van der Waals surface area contributed by atoms with Crippen molar-refractivity contribution in [2.24, 2.45) is 0 Å². The second-order valence-corrected chi connectivity index (χ2v) is 3.21. The van der Waals surface area contributed by atoms with Crippen LogP contribution in [0.3, 0.4) is 0 Å². The molecule has 4 heteroatoms. The van der Waals surface area contributed by atoms with Crippen LogP contribution < -0.4 is 0 Å². The highest BCUT2D eigenvalue weighted by Gasteiger charge is 2.42. The van der Waals surface area contributed by atoms with Crippen molar-refractivity contribution in [3.63, 3.8) is 0 Å². The predicted octanol–water partition coefficient (Wildman–Crippen LogP) is 1.29. The lowest BCUT2D eigenvalue weighted by Crippen LogP contribution is -2.46. The Morgan fingerprint density at radius 1 is 1.83 bits per heavy atom. The van der Waals surface area contributed by atoms with Crippen molar-refractivity contribution in [2.45, 2.75) is 25.6 Å². The zero-order valence-electron chi connectivity index (χ0n) is 7.28. The predicted molar refractivity (Wildman–Crippen MR) is 43.9 cm³/mol. The number of nitrogens with zero attached hydrogens (tertiary/aromatic N) is 1. The van der Waals surface area contributed by atoms with Gasteiger partial charge in [-0.25, -0.2) is 4.79 Å². The third-order valence-electron chi connectivity index (χ3n) is 2.00. The van der Waals surface area contributed by atoms with Crippen LogP contribution in [0.5, 0.6) is 0 Å². The molecule has 1 fully saturated rings. The summed E-state index contributed by atoms with van der Waals surface area (Å²) in [6.45, 7) is 7.40. The smallest absolute Gasteiger partial charge is 0.410 e. The molecule has 0 aliphatic carbocycles. The number of amides is 1. The third-order valence-corrected chi connectivity index (χ3v) is 2.00. The number of carbonyl (C=O) groups is 1. The van der Waals surface area contributed by atoms with Gasteiger partial charge < -0.3 is 9.84 Å². The summed E-state index contributed by atoms with van der Waals surface area (Å²) < 4.78 is 5.29. The summed E-state index contributed by atoms with van der Waals surface area (Å²) in [5.41, 5.74) is -0.731. The molecule has 68 valence electrons. The minimum atomic E-state index is -0.970. The van der Waals surface area contributed by atoms with Gasteiger partial charge in [-0.15, -0.1) is 6.58 Å². The van der Waals surface area contributed by atoms with Gasteiger partial charge in [0.25, 0.3) is 0 Å². The van der Waals surface area contributed by atoms with Gasteiger partial charge in [0.15, 0.2) is 0 Å². The molecule has 1 N–H and O–H groups in total. The normalized spacial score (nSPS) is 27.2. The van der Waals surface area contributed by atoms with E-state index in [1.54, 1.807) is 19.9 Å². The van der Waals surface area contributed by atoms with Crippen molar-refractivity contribution in [3.05, 3.63) is 12.7 Å². The molecule has 0 unspecified atom stereocenters. The Labute approximate surface area is 71.4 Å². The largest absolute Gasteiger partial charge is 0.465 e. The molecular weight excluding hydrogens is 158 g/mol. The number of rotatable bonds is 1. The van der Waals surface area contributed by atoms with Gasteiger partial charge >= 0.3 is 6.09 Å². The van der Waals surface area contributed by atoms with E-state index >= 15 is 0 Å². The molecule has 0 aromatic rings. The number of carboxylic acid groups (broad SMARTS) is 1. The van der Waals surface area contributed by atoms with E-state index in [0.29, 0.717) is 6.61 Å². The summed E-state index contributed by atoms with van der Waals surface area (Å²) >= 11 is 0. The fourth-order valence-electron chi connectivity index (χ4n) is 1.38. The van der Waals surface area contributed by atoms with Crippen LogP contribution in [0.1, 0.15) is 13.8 Å². The van der Waals surface area contributed by atoms with Gasteiger partial charge in [-0.05, 0) is 13.8 Å². The summed E-state index contributed by atoms with van der Waals surface area (Å²) in [5.74, 6) is 0. The van der Waals surface area contributed by atoms with Crippen LogP contribution in [0.25, 0.3) is 0 Å². The minimum Gasteiger partial charge on any atom is -0.465 e. The molecule has 1 heterocycles. The van der Waals surface area contributed by atoms with E-state index in [4.69, 9.17) is 9.84 Å². The molecule has 1 rings (SSSR count). The van der Waals surface area contributed by atoms with E-state index in [9.17, 15) is 4.79 Å². The summed E-state index contributed by atoms with van der Waals surface area (Å²) in [6, 6.07) is -0.225. The second kappa shape index (κ2) is 2.79. The van der Waals surface area contributed by atoms with E-state index in [0.717, 1.165) is 0 Å². The number of hydrogen-bond acceptors (Lipinski definition) is 2. The highest BCUT2D eigenvalue weighted by molar-refractivity contribution is 5.67. The Morgan fingerprint density at radius 3 is 2.75 bits per heavy atom. The SMILES string of the molecule is C=C[C@@H]1COC(C)(C)N1C(=O)O. The van der Waals surface area contributed by atoms with Gasteiger partial charge in [0.05, 0.1) is 12.6 Å². The van der Waals surface area contributed by atoms with Crippen LogP contribution in [0.4, 0.5) is 4.79 Å². The molecule has 0 saturated carbocycles. The summed E-state index contributed by atoms with van der Waals surface area (Å²) in [5, 5.41) is 8.85. The average Bonchev–Trinajstić information content (AvgIpc) is 2.24. The van der Waals surface area contributed by atoms with Crippen molar-refractivity contribution < 1.29 is 14.6 Å². The molecule has 1 atom stereocenters. The monoisotopic (exact) mass is 171 g/mol. The second-order valence-electron chi connectivity index (χ2n) is 3.21. The molecule has 1 aliphatic heterocycles. The van der Waals surface area contributed by atoms with E-state index < -0.39 is 11.8 Å². The van der Waals surface area contributed by atoms with E-state index in [-0.39, 0.29) is 6.04 Å². The van der Waals surface area contributed by atoms with Crippen LogP contribution in [0.2, 0.25) is 0 Å². The Morgan fingerprint density at radius 2 is 2.42 bits per heavy atom. The van der Waals surface area contributed by atoms with Crippen LogP contribution in [0, 0.1) is 0 Å². The molecule has 0 bridgehead atoms. The van der Waals surface area contributed by atoms with Crippen molar-refractivity contribution >= 4 is 6.09 Å². The maximum Gasteiger partial charge on any atom is 0.410 e. The first kappa shape index (κ1) is 9.06. The fourth-order valence-corrected chi connectivity index (χ4v) is 1.38. The summed E-state index contributed by atoms with van der Waals surface area (Å²) in [4.78, 5) is 12.0. The zero-order valence-corrected chi connectivity index (χ0v) is 7.28. The van der Waals surface area contributed by atoms with Gasteiger partial charge in [0.2, 0.25) is 0 Å². The van der Waals surface area contributed by atoms with Crippen LogP contribution >= 0.6 is 0 Å². The first-order chi connectivity index (χ1) is 5.49. The van der Waals surface area contributed by atoms with E-state index in [2.05, 4.69) is 6.58 Å². The van der Waals surface area contributed by atoms with Crippen LogP contribution in [-0.2, 0) is 4.74 Å². The zero-order chi connectivity index (χ0) is 9.35. The maximum absolute atomic E-state index is 10.8. The number of hydrogen-bond donors (Lipinski definition) is 1. The molecule has 12 heavy (non-hydrogen) atoms. The molecule has 0 aromatic heterocycles. The highest BCUT2D eigenvalue weighted by Crippen LogP contribution is 2.27. The molecule has 1 amide bonds. The van der Waals surface area contributed by atoms with Crippen LogP contribution in [-0.4, -0.2) is 34.5 Å². The van der Waals surface area contributed by atoms with Crippen LogP contribution in [0.15, 0.2) is 12.7 Å². The van der Waals surface area contributed by atoms with Gasteiger partial charge in [0, 0.05) is 0 Å². The maximum atomic E-state index is 10.8. The summed E-state index contributed by atoms with van der Waals surface area (Å²) in [6.07, 6.45) is 0.616. The van der Waals surface area contributed by atoms with Crippen molar-refractivity contribution in [1.82, 2.24) is 4.90 Å². The molecule has 0 aromatic carbocycles. The quantitative estimate of drug-likeness (QED) is 0.605. The Hall–Kier alpha value is -1.03. The molecule has 0 radical (unpaired) electrons. The summed E-state index contributed by atoms with van der Waals surface area (Å²) in [7, 11) is 0. The fraction of sp³-hybridized carbons (Fsp3) is 0.625. The van der Waals surface area contributed by atoms with Gasteiger partial charge in [0.1, 0.15) is 5.72 Å². The molecule has 1 aliphatic rings. The third kappa shape index (κ3) is 1.30. The Bertz CT molecular complexity index is 212. The Balaban J connectivity index is 2.87. The van der Waals surface area contributed by atoms with Crippen molar-refractivity contribution in [3.8, 4) is 0 Å². The molecule has 1 saturated heterocycles. The average molecular weight is 171 g/mol. The van der Waals surface area contributed by atoms with Gasteiger partial charge in [-0.3, -0.25) is 4.90 Å². The first-order valence-corrected chi connectivity index (χ1v) is 3.78. The minimum absolute atomic E-state index is 0.225. The lowest BCUT2D eigenvalue weighted by atomic mass is 10.2. The lowest BCUT2D eigenvalue weighted by molar-refractivity contribution is -0.0409. The molecule has 4 nitrogen and oxygen atoms in total. The van der Waals surface area contributed by atoms with Gasteiger partial charge in [-0.1, -0.05) is 6.08 Å². The van der Waals surface area contributed by atoms with E-state index in [1.165, 1.54) is 4.90 Å². The lowest BCUT2D eigenvalue weighted by Gasteiger charge is -2.29. The topological polar surface area (TPSA) is 49.8 Å². The standard InChI is InChI=1S/C8H13NO3/c1-4-6-5-12-8(2,3)9(6)7(10)11/h4,6H,1,5H2,2-3H3,(H,10,11)/t6-/m1/s1. The molecule has 0 spiro atoms. The molecular formula is C8H13NO3. The van der Waals surface area contributed by atoms with Crippen molar-refractivity contribution in [1.29, 1.82) is 0 Å². The number of ether oxygens (including phenoxy) is 1. The van der Waals surface area contributed by atoms with Gasteiger partial charge in [-0.2, -0.15) is 0 Å².